The number of ether oxygens (including phenoxy) is 2. The minimum absolute atomic E-state index is 0.0691. The van der Waals surface area contributed by atoms with Gasteiger partial charge in [0.2, 0.25) is 0 Å². The summed E-state index contributed by atoms with van der Waals surface area (Å²) < 4.78 is 10.5. The van der Waals surface area contributed by atoms with Gasteiger partial charge >= 0.3 is 5.97 Å². The van der Waals surface area contributed by atoms with Gasteiger partial charge < -0.3 is 9.47 Å². The Morgan fingerprint density at radius 3 is 2.50 bits per heavy atom. The van der Waals surface area contributed by atoms with Crippen LogP contribution < -0.4 is 4.74 Å². The first-order valence-corrected chi connectivity index (χ1v) is 6.95. The van der Waals surface area contributed by atoms with Crippen LogP contribution in [-0.2, 0) is 16.0 Å². The van der Waals surface area contributed by atoms with Gasteiger partial charge in [0, 0.05) is 6.04 Å². The molecule has 0 spiro atoms. The summed E-state index contributed by atoms with van der Waals surface area (Å²) in [6.45, 7) is 6.11. The third-order valence-corrected chi connectivity index (χ3v) is 3.21. The fourth-order valence-electron chi connectivity index (χ4n) is 2.01. The molecule has 112 valence electrons. The molecule has 0 aliphatic rings. The molecule has 20 heavy (non-hydrogen) atoms. The monoisotopic (exact) mass is 279 g/mol. The van der Waals surface area contributed by atoms with Gasteiger partial charge in [-0.3, -0.25) is 9.69 Å². The van der Waals surface area contributed by atoms with E-state index in [-0.39, 0.29) is 18.1 Å². The van der Waals surface area contributed by atoms with E-state index >= 15 is 0 Å². The lowest BCUT2D eigenvalue weighted by Crippen LogP contribution is -2.36. The number of hydrogen-bond acceptors (Lipinski definition) is 4. The molecule has 0 aliphatic heterocycles. The average molecular weight is 279 g/mol. The molecule has 1 atom stereocenters. The minimum atomic E-state index is -0.186. The highest BCUT2D eigenvalue weighted by Gasteiger charge is 2.16. The zero-order valence-electron chi connectivity index (χ0n) is 13.1. The number of benzene rings is 1. The van der Waals surface area contributed by atoms with Gasteiger partial charge in [-0.25, -0.2) is 0 Å². The molecule has 0 amide bonds. The molecular weight excluding hydrogens is 254 g/mol. The molecule has 1 unspecified atom stereocenters. The van der Waals surface area contributed by atoms with Crippen LogP contribution in [0.3, 0.4) is 0 Å². The van der Waals surface area contributed by atoms with Crippen LogP contribution in [0.25, 0.3) is 0 Å². The summed E-state index contributed by atoms with van der Waals surface area (Å²) in [6.07, 6.45) is 0.760. The van der Waals surface area contributed by atoms with Crippen molar-refractivity contribution in [2.45, 2.75) is 39.3 Å². The highest BCUT2D eigenvalue weighted by molar-refractivity contribution is 5.71. The van der Waals surface area contributed by atoms with Crippen LogP contribution in [0.2, 0.25) is 0 Å². The molecule has 4 heteroatoms. The molecule has 1 aromatic carbocycles. The van der Waals surface area contributed by atoms with Crippen molar-refractivity contribution in [2.75, 3.05) is 20.7 Å². The van der Waals surface area contributed by atoms with Crippen LogP contribution in [0, 0.1) is 0 Å². The Morgan fingerprint density at radius 2 is 1.90 bits per heavy atom. The molecule has 1 aromatic rings. The zero-order valence-corrected chi connectivity index (χ0v) is 13.1. The van der Waals surface area contributed by atoms with Crippen LogP contribution in [0.5, 0.6) is 5.75 Å². The van der Waals surface area contributed by atoms with Crippen LogP contribution in [0.4, 0.5) is 0 Å². The van der Waals surface area contributed by atoms with Gasteiger partial charge in [0.15, 0.2) is 0 Å². The first kappa shape index (κ1) is 16.5. The Bertz CT molecular complexity index is 431. The lowest BCUT2D eigenvalue weighted by atomic mass is 10.1. The zero-order chi connectivity index (χ0) is 15.1. The van der Waals surface area contributed by atoms with Gasteiger partial charge in [-0.2, -0.15) is 0 Å². The summed E-state index contributed by atoms with van der Waals surface area (Å²) in [5, 5.41) is 0. The molecule has 0 heterocycles. The largest absolute Gasteiger partial charge is 0.496 e. The molecule has 0 saturated heterocycles. The van der Waals surface area contributed by atoms with Crippen molar-refractivity contribution in [2.24, 2.45) is 0 Å². The van der Waals surface area contributed by atoms with Gasteiger partial charge in [-0.1, -0.05) is 18.2 Å². The van der Waals surface area contributed by atoms with Crippen molar-refractivity contribution in [1.82, 2.24) is 4.90 Å². The highest BCUT2D eigenvalue weighted by atomic mass is 16.5. The van der Waals surface area contributed by atoms with Crippen molar-refractivity contribution in [3.05, 3.63) is 29.8 Å². The number of nitrogens with zero attached hydrogens (tertiary/aromatic N) is 1. The van der Waals surface area contributed by atoms with E-state index in [9.17, 15) is 4.79 Å². The SMILES string of the molecule is COc1ccccc1CC(C)N(C)CC(=O)OC(C)C. The maximum atomic E-state index is 11.7. The number of esters is 1. The van der Waals surface area contributed by atoms with E-state index in [0.29, 0.717) is 6.54 Å². The van der Waals surface area contributed by atoms with Crippen LogP contribution in [0.1, 0.15) is 26.3 Å². The number of carbonyl (C=O) groups is 1. The molecule has 0 N–H and O–H groups in total. The number of likely N-dealkylation sites (N-methyl/N-ethyl adjacent to an activating group) is 1. The summed E-state index contributed by atoms with van der Waals surface area (Å²) in [5.74, 6) is 0.701. The van der Waals surface area contributed by atoms with Crippen molar-refractivity contribution in [1.29, 1.82) is 0 Å². The van der Waals surface area contributed by atoms with E-state index in [2.05, 4.69) is 13.0 Å². The number of para-hydroxylation sites is 1. The summed E-state index contributed by atoms with van der Waals surface area (Å²) in [5.41, 5.74) is 1.14. The normalized spacial score (nSPS) is 12.6. The standard InChI is InChI=1S/C16H25NO3/c1-12(2)20-16(18)11-17(4)13(3)10-14-8-6-7-9-15(14)19-5/h6-9,12-13H,10-11H2,1-5H3. The van der Waals surface area contributed by atoms with Crippen LogP contribution >= 0.6 is 0 Å². The summed E-state index contributed by atoms with van der Waals surface area (Å²) >= 11 is 0. The van der Waals surface area contributed by atoms with Gasteiger partial charge in [0.05, 0.1) is 19.8 Å². The molecule has 0 aliphatic carbocycles. The van der Waals surface area contributed by atoms with Crippen LogP contribution in [0.15, 0.2) is 24.3 Å². The fraction of sp³-hybridized carbons (Fsp3) is 0.562. The van der Waals surface area contributed by atoms with Crippen molar-refractivity contribution in [3.63, 3.8) is 0 Å². The summed E-state index contributed by atoms with van der Waals surface area (Å²) in [7, 11) is 3.61. The number of methoxy groups -OCH3 is 1. The molecule has 0 fully saturated rings. The molecule has 0 bridgehead atoms. The maximum absolute atomic E-state index is 11.7. The van der Waals surface area contributed by atoms with E-state index in [4.69, 9.17) is 9.47 Å². The molecule has 1 rings (SSSR count). The van der Waals surface area contributed by atoms with E-state index in [1.165, 1.54) is 0 Å². The number of rotatable bonds is 7. The number of hydrogen-bond donors (Lipinski definition) is 0. The third kappa shape index (κ3) is 5.21. The van der Waals surface area contributed by atoms with E-state index in [1.807, 2.05) is 44.0 Å². The topological polar surface area (TPSA) is 38.8 Å². The first-order valence-electron chi connectivity index (χ1n) is 6.95. The molecule has 0 saturated carbocycles. The van der Waals surface area contributed by atoms with Crippen LogP contribution in [-0.4, -0.2) is 43.7 Å². The van der Waals surface area contributed by atoms with E-state index in [0.717, 1.165) is 17.7 Å². The van der Waals surface area contributed by atoms with E-state index in [1.54, 1.807) is 7.11 Å². The Kier molecular flexibility index (Phi) is 6.52. The van der Waals surface area contributed by atoms with Crippen molar-refractivity contribution < 1.29 is 14.3 Å². The maximum Gasteiger partial charge on any atom is 0.320 e. The summed E-state index contributed by atoms with van der Waals surface area (Å²) in [6, 6.07) is 8.19. The molecule has 4 nitrogen and oxygen atoms in total. The first-order chi connectivity index (χ1) is 9.43. The number of carbonyl (C=O) groups excluding carboxylic acids is 1. The predicted octanol–water partition coefficient (Wildman–Crippen LogP) is 2.51. The van der Waals surface area contributed by atoms with Crippen molar-refractivity contribution >= 4 is 5.97 Å². The molecule has 0 radical (unpaired) electrons. The fourth-order valence-corrected chi connectivity index (χ4v) is 2.01. The van der Waals surface area contributed by atoms with Gasteiger partial charge in [-0.15, -0.1) is 0 Å². The van der Waals surface area contributed by atoms with E-state index < -0.39 is 0 Å². The lowest BCUT2D eigenvalue weighted by molar-refractivity contribution is -0.148. The third-order valence-electron chi connectivity index (χ3n) is 3.21. The minimum Gasteiger partial charge on any atom is -0.496 e. The smallest absolute Gasteiger partial charge is 0.320 e. The summed E-state index contributed by atoms with van der Waals surface area (Å²) in [4.78, 5) is 13.7. The Morgan fingerprint density at radius 1 is 1.25 bits per heavy atom. The Balaban J connectivity index is 2.57. The Hall–Kier alpha value is -1.55. The average Bonchev–Trinajstić information content (AvgIpc) is 2.38. The molecular formula is C16H25NO3. The quantitative estimate of drug-likeness (QED) is 0.719. The highest BCUT2D eigenvalue weighted by Crippen LogP contribution is 2.20. The van der Waals surface area contributed by atoms with Gasteiger partial charge in [-0.05, 0) is 45.9 Å². The van der Waals surface area contributed by atoms with Crippen molar-refractivity contribution in [3.8, 4) is 5.75 Å². The predicted molar refractivity (Wildman–Crippen MR) is 80.0 cm³/mol. The lowest BCUT2D eigenvalue weighted by Gasteiger charge is -2.24. The second-order valence-electron chi connectivity index (χ2n) is 5.32. The van der Waals surface area contributed by atoms with Gasteiger partial charge in [0.25, 0.3) is 0 Å². The molecule has 0 aromatic heterocycles. The Labute approximate surface area is 121 Å². The second kappa shape index (κ2) is 7.90. The second-order valence-corrected chi connectivity index (χ2v) is 5.32. The van der Waals surface area contributed by atoms with Gasteiger partial charge in [0.1, 0.15) is 5.75 Å².